The molecule has 3 aromatic rings. The Kier molecular flexibility index (Phi) is 8.29. The topological polar surface area (TPSA) is 97.6 Å². The zero-order valence-corrected chi connectivity index (χ0v) is 22.5. The number of halogens is 1. The van der Waals surface area contributed by atoms with E-state index in [2.05, 4.69) is 53.3 Å². The molecule has 0 saturated carbocycles. The van der Waals surface area contributed by atoms with Crippen LogP contribution in [0.4, 0.5) is 5.69 Å². The molecule has 1 aliphatic heterocycles. The molecule has 37 heavy (non-hydrogen) atoms. The average Bonchev–Trinajstić information content (AvgIpc) is 3.33. The van der Waals surface area contributed by atoms with E-state index in [0.29, 0.717) is 30.5 Å². The van der Waals surface area contributed by atoms with Crippen molar-refractivity contribution in [3.05, 3.63) is 64.5 Å². The van der Waals surface area contributed by atoms with Crippen LogP contribution in [0.1, 0.15) is 62.3 Å². The van der Waals surface area contributed by atoms with Gasteiger partial charge in [0.15, 0.2) is 0 Å². The third kappa shape index (κ3) is 6.76. The Morgan fingerprint density at radius 2 is 1.95 bits per heavy atom. The Hall–Kier alpha value is -3.23. The highest BCUT2D eigenvalue weighted by Crippen LogP contribution is 2.26. The lowest BCUT2D eigenvalue weighted by Gasteiger charge is -2.30. The second-order valence-corrected chi connectivity index (χ2v) is 10.7. The highest BCUT2D eigenvalue weighted by molar-refractivity contribution is 6.33. The average molecular weight is 525 g/mol. The van der Waals surface area contributed by atoms with Gasteiger partial charge in [-0.25, -0.2) is 4.79 Å². The molecule has 2 aromatic carbocycles. The van der Waals surface area contributed by atoms with Crippen LogP contribution in [-0.4, -0.2) is 46.6 Å². The number of hydrogen-bond acceptors (Lipinski definition) is 7. The molecular formula is C28H33ClN4O4. The maximum absolute atomic E-state index is 13.0. The number of hydrogen-bond donors (Lipinski definition) is 1. The summed E-state index contributed by atoms with van der Waals surface area (Å²) in [6.07, 6.45) is 1.65. The van der Waals surface area contributed by atoms with Gasteiger partial charge in [0.1, 0.15) is 0 Å². The molecule has 1 unspecified atom stereocenters. The zero-order chi connectivity index (χ0) is 26.6. The van der Waals surface area contributed by atoms with Crippen molar-refractivity contribution in [2.75, 3.05) is 25.0 Å². The minimum absolute atomic E-state index is 0.0782. The van der Waals surface area contributed by atoms with Gasteiger partial charge in [-0.15, -0.1) is 0 Å². The van der Waals surface area contributed by atoms with Gasteiger partial charge in [0.2, 0.25) is 17.6 Å². The quantitative estimate of drug-likeness (QED) is 0.395. The molecule has 8 nitrogen and oxygen atoms in total. The van der Waals surface area contributed by atoms with Crippen molar-refractivity contribution in [1.82, 2.24) is 15.0 Å². The van der Waals surface area contributed by atoms with Crippen molar-refractivity contribution in [3.63, 3.8) is 0 Å². The number of esters is 1. The molecule has 0 spiro atoms. The van der Waals surface area contributed by atoms with Gasteiger partial charge in [-0.3, -0.25) is 9.69 Å². The fraction of sp³-hybridized carbons (Fsp3) is 0.429. The number of ether oxygens (including phenoxy) is 1. The van der Waals surface area contributed by atoms with Crippen molar-refractivity contribution in [1.29, 1.82) is 0 Å². The number of anilines is 1. The number of carbonyl (C=O) groups is 2. The van der Waals surface area contributed by atoms with Crippen molar-refractivity contribution < 1.29 is 18.8 Å². The van der Waals surface area contributed by atoms with Gasteiger partial charge < -0.3 is 14.6 Å². The number of aromatic nitrogens is 2. The van der Waals surface area contributed by atoms with Crippen molar-refractivity contribution in [2.45, 2.75) is 52.5 Å². The summed E-state index contributed by atoms with van der Waals surface area (Å²) in [5.74, 6) is 0.251. The molecule has 1 aromatic heterocycles. The van der Waals surface area contributed by atoms with E-state index >= 15 is 0 Å². The van der Waals surface area contributed by atoms with Gasteiger partial charge in [-0.2, -0.15) is 4.98 Å². The molecule has 0 aliphatic carbocycles. The Morgan fingerprint density at radius 3 is 2.65 bits per heavy atom. The Bertz CT molecular complexity index is 1250. The highest BCUT2D eigenvalue weighted by Gasteiger charge is 2.27. The largest absolute Gasteiger partial charge is 0.462 e. The highest BCUT2D eigenvalue weighted by atomic mass is 35.5. The van der Waals surface area contributed by atoms with E-state index in [-0.39, 0.29) is 34.4 Å². The minimum atomic E-state index is -0.517. The van der Waals surface area contributed by atoms with Crippen LogP contribution < -0.4 is 5.32 Å². The second-order valence-electron chi connectivity index (χ2n) is 10.3. The van der Waals surface area contributed by atoms with Crippen LogP contribution in [0.25, 0.3) is 11.4 Å². The maximum Gasteiger partial charge on any atom is 0.339 e. The van der Waals surface area contributed by atoms with Crippen LogP contribution in [0, 0.1) is 5.92 Å². The molecular weight excluding hydrogens is 492 g/mol. The summed E-state index contributed by atoms with van der Waals surface area (Å²) in [6.45, 7) is 10.4. The first-order valence-corrected chi connectivity index (χ1v) is 12.9. The number of carbonyl (C=O) groups excluding carboxylic acids is 2. The fourth-order valence-electron chi connectivity index (χ4n) is 4.37. The molecule has 0 radical (unpaired) electrons. The third-order valence-corrected chi connectivity index (χ3v) is 6.77. The predicted octanol–water partition coefficient (Wildman–Crippen LogP) is 5.71. The number of rotatable bonds is 7. The van der Waals surface area contributed by atoms with E-state index in [4.69, 9.17) is 20.9 Å². The van der Waals surface area contributed by atoms with Crippen LogP contribution in [0.5, 0.6) is 0 Å². The smallest absolute Gasteiger partial charge is 0.339 e. The molecule has 1 aliphatic rings. The van der Waals surface area contributed by atoms with Crippen molar-refractivity contribution in [3.8, 4) is 11.4 Å². The molecule has 0 bridgehead atoms. The van der Waals surface area contributed by atoms with Crippen molar-refractivity contribution in [2.24, 2.45) is 5.92 Å². The molecule has 1 N–H and O–H groups in total. The van der Waals surface area contributed by atoms with E-state index in [1.54, 1.807) is 25.1 Å². The summed E-state index contributed by atoms with van der Waals surface area (Å²) >= 11 is 6.13. The SMILES string of the molecule is CCOC(=O)c1cc(NC(=O)C2CCCN(Cc3nc(-c4ccc(C(C)(C)C)cc4)no3)C2)ccc1Cl. The molecule has 1 fully saturated rings. The number of benzene rings is 2. The van der Waals surface area contributed by atoms with Gasteiger partial charge in [0.05, 0.1) is 29.7 Å². The first-order chi connectivity index (χ1) is 17.6. The number of piperidine rings is 1. The molecule has 9 heteroatoms. The summed E-state index contributed by atoms with van der Waals surface area (Å²) in [6, 6.07) is 13.0. The minimum Gasteiger partial charge on any atom is -0.462 e. The monoisotopic (exact) mass is 524 g/mol. The first kappa shape index (κ1) is 26.8. The van der Waals surface area contributed by atoms with Crippen molar-refractivity contribution >= 4 is 29.2 Å². The summed E-state index contributed by atoms with van der Waals surface area (Å²) in [7, 11) is 0. The Morgan fingerprint density at radius 1 is 1.19 bits per heavy atom. The summed E-state index contributed by atoms with van der Waals surface area (Å²) < 4.78 is 10.6. The van der Waals surface area contributed by atoms with Gasteiger partial charge in [-0.05, 0) is 55.5 Å². The summed E-state index contributed by atoms with van der Waals surface area (Å²) in [5.41, 5.74) is 2.97. The second kappa shape index (κ2) is 11.4. The number of nitrogens with one attached hydrogen (secondary N) is 1. The lowest BCUT2D eigenvalue weighted by atomic mass is 9.87. The Labute approximate surface area is 222 Å². The van der Waals surface area contributed by atoms with Crippen LogP contribution >= 0.6 is 11.6 Å². The van der Waals surface area contributed by atoms with E-state index in [0.717, 1.165) is 24.9 Å². The van der Waals surface area contributed by atoms with E-state index in [1.807, 2.05) is 12.1 Å². The van der Waals surface area contributed by atoms with Crippen LogP contribution in [0.15, 0.2) is 47.0 Å². The number of nitrogens with zero attached hydrogens (tertiary/aromatic N) is 3. The summed E-state index contributed by atoms with van der Waals surface area (Å²) in [4.78, 5) is 31.9. The lowest BCUT2D eigenvalue weighted by Crippen LogP contribution is -2.40. The van der Waals surface area contributed by atoms with Gasteiger partial charge in [0.25, 0.3) is 0 Å². The molecule has 196 valence electrons. The molecule has 1 amide bonds. The van der Waals surface area contributed by atoms with Gasteiger partial charge in [-0.1, -0.05) is 61.8 Å². The molecule has 4 rings (SSSR count). The van der Waals surface area contributed by atoms with E-state index in [9.17, 15) is 9.59 Å². The van der Waals surface area contributed by atoms with Gasteiger partial charge in [0, 0.05) is 17.8 Å². The molecule has 1 saturated heterocycles. The standard InChI is InChI=1S/C28H33ClN4O4/c1-5-36-27(35)22-15-21(12-13-23(22)29)30-26(34)19-7-6-14-33(16-19)17-24-31-25(32-37-24)18-8-10-20(11-9-18)28(2,3)4/h8-13,15,19H,5-7,14,16-17H2,1-4H3,(H,30,34). The first-order valence-electron chi connectivity index (χ1n) is 12.6. The zero-order valence-electron chi connectivity index (χ0n) is 21.7. The third-order valence-electron chi connectivity index (χ3n) is 6.44. The maximum atomic E-state index is 13.0. The van der Waals surface area contributed by atoms with Gasteiger partial charge >= 0.3 is 5.97 Å². The van der Waals surface area contributed by atoms with Crippen LogP contribution in [0.2, 0.25) is 5.02 Å². The summed E-state index contributed by atoms with van der Waals surface area (Å²) in [5, 5.41) is 7.36. The van der Waals surface area contributed by atoms with Crippen LogP contribution in [0.3, 0.4) is 0 Å². The van der Waals surface area contributed by atoms with E-state index in [1.165, 1.54) is 5.56 Å². The normalized spacial score (nSPS) is 16.4. The number of likely N-dealkylation sites (tertiary alicyclic amines) is 1. The fourth-order valence-corrected chi connectivity index (χ4v) is 4.57. The van der Waals surface area contributed by atoms with Crippen LogP contribution in [-0.2, 0) is 21.5 Å². The predicted molar refractivity (Wildman–Crippen MR) is 142 cm³/mol. The van der Waals surface area contributed by atoms with E-state index < -0.39 is 5.97 Å². The Balaban J connectivity index is 1.36. The lowest BCUT2D eigenvalue weighted by molar-refractivity contribution is -0.121. The molecule has 1 atom stereocenters. The number of amides is 1. The molecule has 2 heterocycles.